The molecule has 0 heterocycles. The largest absolute Gasteiger partial charge is 0.503 e. The number of hydrogen-bond acceptors (Lipinski definition) is 6. The van der Waals surface area contributed by atoms with Gasteiger partial charge in [-0.1, -0.05) is 55.5 Å². The molecule has 0 bridgehead atoms. The van der Waals surface area contributed by atoms with E-state index in [1.54, 1.807) is 0 Å². The summed E-state index contributed by atoms with van der Waals surface area (Å²) in [6, 6.07) is 15.4. The summed E-state index contributed by atoms with van der Waals surface area (Å²) in [6.45, 7) is 3.98. The topological polar surface area (TPSA) is 113 Å². The average molecular weight is 419 g/mol. The fraction of sp³-hybridized carbons (Fsp3) is 0.120. The van der Waals surface area contributed by atoms with Gasteiger partial charge in [0.25, 0.3) is 0 Å². The second-order valence-corrected chi connectivity index (χ2v) is 6.98. The van der Waals surface area contributed by atoms with Crippen LogP contribution in [0.3, 0.4) is 0 Å². The Labute approximate surface area is 180 Å². The van der Waals surface area contributed by atoms with Crippen molar-refractivity contribution in [3.8, 4) is 39.9 Å². The molecule has 0 radical (unpaired) electrons. The number of nitrogens with one attached hydrogen (secondary N) is 1. The minimum atomic E-state index is -1.000. The minimum absolute atomic E-state index is 0.323. The third-order valence-electron chi connectivity index (χ3n) is 4.78. The highest BCUT2D eigenvalue weighted by Gasteiger charge is 2.23. The third kappa shape index (κ3) is 4.43. The van der Waals surface area contributed by atoms with Gasteiger partial charge in [0, 0.05) is 5.69 Å². The average Bonchev–Trinajstić information content (AvgIpc) is 2.79. The molecule has 0 unspecified atom stereocenters. The Balaban J connectivity index is 2.19. The quantitative estimate of drug-likeness (QED) is 0.166. The van der Waals surface area contributed by atoms with E-state index in [-0.39, 0.29) is 5.69 Å². The lowest BCUT2D eigenvalue weighted by molar-refractivity contribution is 0.330. The molecule has 0 aliphatic heterocycles. The summed E-state index contributed by atoms with van der Waals surface area (Å²) in [5.74, 6) is -4.43. The van der Waals surface area contributed by atoms with Gasteiger partial charge in [-0.15, -0.1) is 0 Å². The fourth-order valence-corrected chi connectivity index (χ4v) is 3.29. The van der Waals surface area contributed by atoms with Crippen LogP contribution in [0.1, 0.15) is 25.8 Å². The van der Waals surface area contributed by atoms with Gasteiger partial charge in [-0.25, -0.2) is 0 Å². The number of phenolic OH excluding ortho intramolecular Hbond substituents is 5. The maximum absolute atomic E-state index is 10.2. The Morgan fingerprint density at radius 1 is 0.806 bits per heavy atom. The molecule has 0 aliphatic carbocycles. The number of anilines is 2. The zero-order chi connectivity index (χ0) is 22.5. The van der Waals surface area contributed by atoms with E-state index in [0.717, 1.165) is 28.7 Å². The molecule has 6 nitrogen and oxygen atoms in total. The van der Waals surface area contributed by atoms with Crippen LogP contribution in [0.4, 0.5) is 11.4 Å². The summed E-state index contributed by atoms with van der Waals surface area (Å²) in [5, 5.41) is 52.6. The lowest BCUT2D eigenvalue weighted by Crippen LogP contribution is -1.95. The molecule has 0 atom stereocenters. The van der Waals surface area contributed by atoms with E-state index in [2.05, 4.69) is 11.4 Å². The van der Waals surface area contributed by atoms with Crippen molar-refractivity contribution in [3.05, 3.63) is 72.3 Å². The maximum Gasteiger partial charge on any atom is 0.208 e. The maximum atomic E-state index is 10.2. The van der Waals surface area contributed by atoms with Crippen LogP contribution in [0.25, 0.3) is 16.7 Å². The van der Waals surface area contributed by atoms with E-state index in [9.17, 15) is 25.5 Å². The molecule has 3 rings (SSSR count). The van der Waals surface area contributed by atoms with Gasteiger partial charge in [-0.05, 0) is 53.8 Å². The summed E-state index contributed by atoms with van der Waals surface area (Å²) in [4.78, 5) is 0. The van der Waals surface area contributed by atoms with Crippen LogP contribution in [0, 0.1) is 0 Å². The first kappa shape index (κ1) is 21.6. The zero-order valence-electron chi connectivity index (χ0n) is 17.3. The second kappa shape index (κ2) is 9.17. The zero-order valence-corrected chi connectivity index (χ0v) is 17.3. The van der Waals surface area contributed by atoms with Crippen LogP contribution in [0.2, 0.25) is 0 Å². The summed E-state index contributed by atoms with van der Waals surface area (Å²) in [6.07, 6.45) is 6.85. The van der Waals surface area contributed by atoms with E-state index >= 15 is 0 Å². The molecule has 0 spiro atoms. The first-order chi connectivity index (χ1) is 14.9. The van der Waals surface area contributed by atoms with E-state index < -0.39 is 28.7 Å². The van der Waals surface area contributed by atoms with Gasteiger partial charge in [-0.3, -0.25) is 0 Å². The van der Waals surface area contributed by atoms with Gasteiger partial charge in [0.1, 0.15) is 5.69 Å². The van der Waals surface area contributed by atoms with Crippen molar-refractivity contribution in [2.45, 2.75) is 20.3 Å². The fourth-order valence-electron chi connectivity index (χ4n) is 3.29. The molecule has 3 aromatic carbocycles. The number of benzene rings is 3. The molecular weight excluding hydrogens is 394 g/mol. The highest BCUT2D eigenvalue weighted by Crippen LogP contribution is 2.54. The van der Waals surface area contributed by atoms with Crippen LogP contribution in [-0.2, 0) is 0 Å². The minimum Gasteiger partial charge on any atom is -0.503 e. The number of allylic oxidation sites excluding steroid dienone is 4. The molecule has 0 amide bonds. The van der Waals surface area contributed by atoms with Crippen molar-refractivity contribution < 1.29 is 25.5 Å². The van der Waals surface area contributed by atoms with Gasteiger partial charge < -0.3 is 30.8 Å². The lowest BCUT2D eigenvalue weighted by atomic mass is 9.97. The van der Waals surface area contributed by atoms with Gasteiger partial charge in [0.2, 0.25) is 17.2 Å². The second-order valence-electron chi connectivity index (χ2n) is 6.98. The Kier molecular flexibility index (Phi) is 6.40. The molecule has 6 N–H and O–H groups in total. The predicted molar refractivity (Wildman–Crippen MR) is 123 cm³/mol. The summed E-state index contributed by atoms with van der Waals surface area (Å²) in [7, 11) is 0. The third-order valence-corrected chi connectivity index (χ3v) is 4.78. The Morgan fingerprint density at radius 2 is 1.42 bits per heavy atom. The van der Waals surface area contributed by atoms with E-state index in [0.29, 0.717) is 5.69 Å². The molecule has 0 aromatic heterocycles. The predicted octanol–water partition coefficient (Wildman–Crippen LogP) is 5.99. The summed E-state index contributed by atoms with van der Waals surface area (Å²) < 4.78 is 0. The Bertz CT molecular complexity index is 1120. The van der Waals surface area contributed by atoms with E-state index in [4.69, 9.17) is 0 Å². The van der Waals surface area contributed by atoms with E-state index in [1.165, 1.54) is 0 Å². The number of aromatic hydroxyl groups is 5. The van der Waals surface area contributed by atoms with Crippen molar-refractivity contribution in [2.24, 2.45) is 0 Å². The molecule has 31 heavy (non-hydrogen) atoms. The smallest absolute Gasteiger partial charge is 0.208 e. The van der Waals surface area contributed by atoms with Crippen LogP contribution in [-0.4, -0.2) is 25.5 Å². The van der Waals surface area contributed by atoms with Crippen molar-refractivity contribution in [1.82, 2.24) is 0 Å². The van der Waals surface area contributed by atoms with Crippen LogP contribution >= 0.6 is 0 Å². The monoisotopic (exact) mass is 419 g/mol. The normalized spacial score (nSPS) is 11.7. The SMILES string of the molecule is C/C=C\C(=C/CC)c1cc(Nc2c(O)c(O)c(O)c(O)c2O)cc(-c2ccccc2)c1. The molecule has 0 saturated carbocycles. The standard InChI is InChI=1S/C25H25NO5/c1-3-8-15(9-4-2)17-12-18(16-10-6-5-7-11-16)14-19(13-17)26-20-21(27)23(29)25(31)24(30)22(20)28/h3,5-14,26-31H,4H2,1-2H3/b8-3-,15-9+. The van der Waals surface area contributed by atoms with Crippen molar-refractivity contribution in [1.29, 1.82) is 0 Å². The van der Waals surface area contributed by atoms with E-state index in [1.807, 2.05) is 74.5 Å². The van der Waals surface area contributed by atoms with Crippen molar-refractivity contribution >= 4 is 16.9 Å². The highest BCUT2D eigenvalue weighted by molar-refractivity contribution is 5.86. The van der Waals surface area contributed by atoms with Crippen LogP contribution < -0.4 is 5.32 Å². The number of rotatable bonds is 6. The van der Waals surface area contributed by atoms with Gasteiger partial charge in [0.05, 0.1) is 0 Å². The number of hydrogen-bond donors (Lipinski definition) is 6. The Morgan fingerprint density at radius 3 is 2.00 bits per heavy atom. The van der Waals surface area contributed by atoms with Crippen molar-refractivity contribution in [3.63, 3.8) is 0 Å². The van der Waals surface area contributed by atoms with Crippen LogP contribution in [0.5, 0.6) is 28.7 Å². The molecule has 0 fully saturated rings. The molecule has 160 valence electrons. The Hall–Kier alpha value is -4.06. The van der Waals surface area contributed by atoms with Gasteiger partial charge >= 0.3 is 0 Å². The summed E-state index contributed by atoms with van der Waals surface area (Å²) in [5.41, 5.74) is 3.92. The molecule has 0 saturated heterocycles. The highest BCUT2D eigenvalue weighted by atomic mass is 16.4. The van der Waals surface area contributed by atoms with Gasteiger partial charge in [-0.2, -0.15) is 0 Å². The lowest BCUT2D eigenvalue weighted by Gasteiger charge is -2.16. The summed E-state index contributed by atoms with van der Waals surface area (Å²) >= 11 is 0. The first-order valence-corrected chi connectivity index (χ1v) is 9.86. The molecule has 0 aliphatic rings. The molecule has 3 aromatic rings. The van der Waals surface area contributed by atoms with Crippen LogP contribution in [0.15, 0.2) is 66.8 Å². The number of phenols is 5. The molecule has 6 heteroatoms. The van der Waals surface area contributed by atoms with Gasteiger partial charge in [0.15, 0.2) is 11.5 Å². The molecular formula is C25H25NO5. The first-order valence-electron chi connectivity index (χ1n) is 9.86. The van der Waals surface area contributed by atoms with Crippen molar-refractivity contribution in [2.75, 3.05) is 5.32 Å².